The Balaban J connectivity index is 1.58. The first kappa shape index (κ1) is 18.5. The van der Waals surface area contributed by atoms with E-state index in [-0.39, 0.29) is 28.9 Å². The van der Waals surface area contributed by atoms with Gasteiger partial charge in [-0.1, -0.05) is 30.2 Å². The van der Waals surface area contributed by atoms with Gasteiger partial charge >= 0.3 is 11.9 Å². The van der Waals surface area contributed by atoms with Crippen LogP contribution in [0.3, 0.4) is 0 Å². The van der Waals surface area contributed by atoms with Crippen molar-refractivity contribution in [3.63, 3.8) is 0 Å². The van der Waals surface area contributed by atoms with Crippen molar-refractivity contribution in [1.29, 1.82) is 0 Å². The van der Waals surface area contributed by atoms with E-state index < -0.39 is 0 Å². The minimum Gasteiger partial charge on any atom is -0.462 e. The predicted octanol–water partition coefficient (Wildman–Crippen LogP) is 4.86. The van der Waals surface area contributed by atoms with E-state index in [0.29, 0.717) is 11.8 Å². The SMILES string of the molecule is CC(=O)OC1=CC=C2[C@H]3CC=C4C[C@H](OC(C)=O)CC[C@@]4(C)[C@@H]3CC[C@@]12C. The standard InChI is InChI=1S/C23H30O4/c1-14(24)26-17-9-11-22(3)16(13-17)5-6-18-19-7-8-21(27-15(2)25)23(19,4)12-10-20(18)22/h5,7-8,17-18,20H,6,9-13H2,1-4H3/t17-,18-,20-,22-,23-/m1/s1. The van der Waals surface area contributed by atoms with Crippen LogP contribution in [0.4, 0.5) is 0 Å². The first-order chi connectivity index (χ1) is 12.7. The zero-order valence-electron chi connectivity index (χ0n) is 16.8. The molecule has 2 saturated carbocycles. The molecule has 0 heterocycles. The number of hydrogen-bond acceptors (Lipinski definition) is 4. The Morgan fingerprint density at radius 2 is 1.85 bits per heavy atom. The highest BCUT2D eigenvalue weighted by Crippen LogP contribution is 2.63. The Hall–Kier alpha value is -1.84. The van der Waals surface area contributed by atoms with Crippen LogP contribution in [-0.4, -0.2) is 18.0 Å². The maximum Gasteiger partial charge on any atom is 0.307 e. The highest BCUT2D eigenvalue weighted by atomic mass is 16.5. The van der Waals surface area contributed by atoms with Gasteiger partial charge in [0.25, 0.3) is 0 Å². The summed E-state index contributed by atoms with van der Waals surface area (Å²) in [6.07, 6.45) is 12.8. The van der Waals surface area contributed by atoms with Crippen LogP contribution >= 0.6 is 0 Å². The monoisotopic (exact) mass is 370 g/mol. The van der Waals surface area contributed by atoms with Crippen LogP contribution in [0, 0.1) is 22.7 Å². The smallest absolute Gasteiger partial charge is 0.307 e. The fraction of sp³-hybridized carbons (Fsp3) is 0.652. The van der Waals surface area contributed by atoms with Crippen molar-refractivity contribution < 1.29 is 19.1 Å². The van der Waals surface area contributed by atoms with Gasteiger partial charge in [0.2, 0.25) is 0 Å². The summed E-state index contributed by atoms with van der Waals surface area (Å²) in [5, 5.41) is 0. The van der Waals surface area contributed by atoms with Crippen molar-refractivity contribution in [3.05, 3.63) is 35.1 Å². The Morgan fingerprint density at radius 1 is 1.07 bits per heavy atom. The summed E-state index contributed by atoms with van der Waals surface area (Å²) < 4.78 is 11.1. The lowest BCUT2D eigenvalue weighted by Gasteiger charge is -2.55. The van der Waals surface area contributed by atoms with Crippen molar-refractivity contribution in [1.82, 2.24) is 0 Å². The summed E-state index contributed by atoms with van der Waals surface area (Å²) in [4.78, 5) is 22.9. The van der Waals surface area contributed by atoms with Crippen LogP contribution in [0.2, 0.25) is 0 Å². The Kier molecular flexibility index (Phi) is 4.36. The van der Waals surface area contributed by atoms with E-state index in [1.54, 1.807) is 0 Å². The molecule has 4 aliphatic carbocycles. The summed E-state index contributed by atoms with van der Waals surface area (Å²) in [6.45, 7) is 7.63. The topological polar surface area (TPSA) is 52.6 Å². The predicted molar refractivity (Wildman–Crippen MR) is 102 cm³/mol. The molecule has 0 aliphatic heterocycles. The normalized spacial score (nSPS) is 39.9. The van der Waals surface area contributed by atoms with E-state index in [9.17, 15) is 9.59 Å². The molecule has 0 aromatic heterocycles. The van der Waals surface area contributed by atoms with E-state index in [2.05, 4.69) is 26.0 Å². The molecule has 146 valence electrons. The fourth-order valence-corrected chi connectivity index (χ4v) is 6.24. The molecule has 4 heteroatoms. The molecule has 0 bridgehead atoms. The summed E-state index contributed by atoms with van der Waals surface area (Å²) in [7, 11) is 0. The third kappa shape index (κ3) is 2.88. The largest absolute Gasteiger partial charge is 0.462 e. The number of carbonyl (C=O) groups excluding carboxylic acids is 2. The van der Waals surface area contributed by atoms with Crippen molar-refractivity contribution >= 4 is 11.9 Å². The molecule has 0 spiro atoms. The van der Waals surface area contributed by atoms with E-state index in [0.717, 1.165) is 44.3 Å². The van der Waals surface area contributed by atoms with Crippen molar-refractivity contribution in [3.8, 4) is 0 Å². The average Bonchev–Trinajstić information content (AvgIpc) is 2.91. The minimum absolute atomic E-state index is 0.0372. The zero-order valence-corrected chi connectivity index (χ0v) is 16.8. The molecular formula is C23H30O4. The lowest BCUT2D eigenvalue weighted by Crippen LogP contribution is -2.47. The molecule has 27 heavy (non-hydrogen) atoms. The Morgan fingerprint density at radius 3 is 2.56 bits per heavy atom. The zero-order chi connectivity index (χ0) is 19.4. The van der Waals surface area contributed by atoms with Crippen molar-refractivity contribution in [2.24, 2.45) is 22.7 Å². The van der Waals surface area contributed by atoms with Gasteiger partial charge in [0.1, 0.15) is 11.9 Å². The summed E-state index contributed by atoms with van der Waals surface area (Å²) in [5.41, 5.74) is 2.97. The Labute approximate surface area is 161 Å². The van der Waals surface area contributed by atoms with Crippen LogP contribution in [0.15, 0.2) is 35.1 Å². The number of allylic oxidation sites excluding steroid dienone is 4. The molecule has 0 amide bonds. The summed E-state index contributed by atoms with van der Waals surface area (Å²) in [5.74, 6) is 1.53. The van der Waals surface area contributed by atoms with Gasteiger partial charge in [-0.25, -0.2) is 0 Å². The molecule has 0 aromatic carbocycles. The third-order valence-electron chi connectivity index (χ3n) is 7.63. The molecule has 0 aromatic rings. The molecular weight excluding hydrogens is 340 g/mol. The van der Waals surface area contributed by atoms with Gasteiger partial charge in [-0.3, -0.25) is 9.59 Å². The van der Waals surface area contributed by atoms with Crippen LogP contribution in [-0.2, 0) is 19.1 Å². The average molecular weight is 370 g/mol. The number of fused-ring (bicyclic) bond motifs is 5. The molecule has 0 saturated heterocycles. The third-order valence-corrected chi connectivity index (χ3v) is 7.63. The summed E-state index contributed by atoms with van der Waals surface area (Å²) in [6, 6.07) is 0. The number of carbonyl (C=O) groups is 2. The van der Waals surface area contributed by atoms with E-state index in [1.165, 1.54) is 25.0 Å². The first-order valence-electron chi connectivity index (χ1n) is 10.2. The highest BCUT2D eigenvalue weighted by Gasteiger charge is 2.55. The number of ether oxygens (including phenoxy) is 2. The van der Waals surface area contributed by atoms with Gasteiger partial charge in [0.05, 0.1) is 0 Å². The van der Waals surface area contributed by atoms with Gasteiger partial charge in [-0.05, 0) is 62.4 Å². The van der Waals surface area contributed by atoms with E-state index in [4.69, 9.17) is 9.47 Å². The number of esters is 2. The number of rotatable bonds is 2. The van der Waals surface area contributed by atoms with E-state index >= 15 is 0 Å². The first-order valence-corrected chi connectivity index (χ1v) is 10.2. The molecule has 0 unspecified atom stereocenters. The lowest BCUT2D eigenvalue weighted by molar-refractivity contribution is -0.148. The van der Waals surface area contributed by atoms with Gasteiger partial charge in [0.15, 0.2) is 0 Å². The summed E-state index contributed by atoms with van der Waals surface area (Å²) >= 11 is 0. The molecule has 0 radical (unpaired) electrons. The highest BCUT2D eigenvalue weighted by molar-refractivity contribution is 5.68. The van der Waals surface area contributed by atoms with Crippen LogP contribution in [0.5, 0.6) is 0 Å². The lowest BCUT2D eigenvalue weighted by atomic mass is 9.49. The minimum atomic E-state index is -0.235. The molecule has 5 atom stereocenters. The number of hydrogen-bond donors (Lipinski definition) is 0. The maximum atomic E-state index is 11.5. The van der Waals surface area contributed by atoms with E-state index in [1.807, 2.05) is 6.08 Å². The van der Waals surface area contributed by atoms with Gasteiger partial charge < -0.3 is 9.47 Å². The maximum absolute atomic E-state index is 11.5. The fourth-order valence-electron chi connectivity index (χ4n) is 6.24. The molecule has 0 N–H and O–H groups in total. The molecule has 4 rings (SSSR count). The second kappa shape index (κ2) is 6.35. The molecule has 4 nitrogen and oxygen atoms in total. The van der Waals surface area contributed by atoms with Crippen LogP contribution in [0.25, 0.3) is 0 Å². The quantitative estimate of drug-likeness (QED) is 0.515. The molecule has 4 aliphatic rings. The van der Waals surface area contributed by atoms with Gasteiger partial charge in [0, 0.05) is 25.7 Å². The van der Waals surface area contributed by atoms with Crippen LogP contribution < -0.4 is 0 Å². The Bertz CT molecular complexity index is 773. The van der Waals surface area contributed by atoms with Gasteiger partial charge in [-0.2, -0.15) is 0 Å². The molecule has 2 fully saturated rings. The van der Waals surface area contributed by atoms with Gasteiger partial charge in [-0.15, -0.1) is 0 Å². The second-order valence-corrected chi connectivity index (χ2v) is 9.19. The van der Waals surface area contributed by atoms with Crippen LogP contribution in [0.1, 0.15) is 66.2 Å². The van der Waals surface area contributed by atoms with Crippen molar-refractivity contribution in [2.75, 3.05) is 0 Å². The van der Waals surface area contributed by atoms with Crippen molar-refractivity contribution in [2.45, 2.75) is 72.3 Å². The second-order valence-electron chi connectivity index (χ2n) is 9.19.